The fourth-order valence-corrected chi connectivity index (χ4v) is 0.621. The van der Waals surface area contributed by atoms with Gasteiger partial charge in [-0.2, -0.15) is 0 Å². The van der Waals surface area contributed by atoms with Gasteiger partial charge in [0.2, 0.25) is 0 Å². The van der Waals surface area contributed by atoms with Crippen LogP contribution in [0.4, 0.5) is 4.39 Å². The predicted molar refractivity (Wildman–Crippen MR) is 37.1 cm³/mol. The number of aliphatic carboxylic acids is 2. The van der Waals surface area contributed by atoms with Gasteiger partial charge < -0.3 is 10.2 Å². The van der Waals surface area contributed by atoms with Gasteiger partial charge in [0.15, 0.2) is 0 Å². The van der Waals surface area contributed by atoms with E-state index >= 15 is 0 Å². The molecule has 0 spiro atoms. The number of alkyl halides is 1. The summed E-state index contributed by atoms with van der Waals surface area (Å²) in [6.07, 6.45) is -0.612. The third-order valence-electron chi connectivity index (χ3n) is 1.53. The van der Waals surface area contributed by atoms with E-state index in [-0.39, 0.29) is 0 Å². The van der Waals surface area contributed by atoms with E-state index in [2.05, 4.69) is 0 Å². The van der Waals surface area contributed by atoms with Crippen LogP contribution in [-0.4, -0.2) is 27.9 Å². The van der Waals surface area contributed by atoms with Crippen molar-refractivity contribution in [2.24, 2.45) is 11.7 Å². The second-order valence-corrected chi connectivity index (χ2v) is 2.57. The summed E-state index contributed by atoms with van der Waals surface area (Å²) >= 11 is 0. The van der Waals surface area contributed by atoms with Gasteiger partial charge in [0.1, 0.15) is 0 Å². The summed E-state index contributed by atoms with van der Waals surface area (Å²) in [6, 6.07) is 0. The maximum absolute atomic E-state index is 12.9. The minimum Gasteiger partial charge on any atom is -0.481 e. The molecular formula is C6H10FNO4. The molecule has 0 saturated heterocycles. The molecule has 0 saturated carbocycles. The van der Waals surface area contributed by atoms with Crippen molar-refractivity contribution < 1.29 is 24.2 Å². The highest BCUT2D eigenvalue weighted by molar-refractivity contribution is 5.78. The summed E-state index contributed by atoms with van der Waals surface area (Å²) in [5.74, 6) is -7.36. The Morgan fingerprint density at radius 3 is 2.25 bits per heavy atom. The second kappa shape index (κ2) is 3.48. The molecule has 12 heavy (non-hydrogen) atoms. The monoisotopic (exact) mass is 179 g/mol. The van der Waals surface area contributed by atoms with Crippen LogP contribution in [0, 0.1) is 5.92 Å². The molecule has 6 heteroatoms. The summed E-state index contributed by atoms with van der Waals surface area (Å²) in [5, 5.41) is 16.4. The molecule has 2 unspecified atom stereocenters. The molecule has 0 bridgehead atoms. The summed E-state index contributed by atoms with van der Waals surface area (Å²) in [7, 11) is 0. The van der Waals surface area contributed by atoms with Gasteiger partial charge in [-0.1, -0.05) is 6.92 Å². The number of hydrogen-bond acceptors (Lipinski definition) is 3. The van der Waals surface area contributed by atoms with Gasteiger partial charge in [-0.15, -0.1) is 0 Å². The zero-order valence-corrected chi connectivity index (χ0v) is 6.45. The highest BCUT2D eigenvalue weighted by Crippen LogP contribution is 2.19. The van der Waals surface area contributed by atoms with Gasteiger partial charge in [-0.05, 0) is 0 Å². The van der Waals surface area contributed by atoms with Crippen molar-refractivity contribution in [3.63, 3.8) is 0 Å². The lowest BCUT2D eigenvalue weighted by atomic mass is 9.97. The van der Waals surface area contributed by atoms with E-state index in [0.717, 1.165) is 6.92 Å². The Morgan fingerprint density at radius 2 is 2.00 bits per heavy atom. The molecule has 0 fully saturated rings. The van der Waals surface area contributed by atoms with E-state index in [0.29, 0.717) is 0 Å². The maximum Gasteiger partial charge on any atom is 0.356 e. The number of carboxylic acids is 2. The molecule has 2 atom stereocenters. The van der Waals surface area contributed by atoms with Crippen LogP contribution >= 0.6 is 0 Å². The van der Waals surface area contributed by atoms with Crippen LogP contribution in [0.5, 0.6) is 0 Å². The number of carbonyl (C=O) groups is 2. The third kappa shape index (κ3) is 2.46. The van der Waals surface area contributed by atoms with E-state index in [9.17, 15) is 14.0 Å². The summed E-state index contributed by atoms with van der Waals surface area (Å²) in [4.78, 5) is 20.2. The van der Waals surface area contributed by atoms with Crippen LogP contribution in [-0.2, 0) is 9.59 Å². The first-order valence-corrected chi connectivity index (χ1v) is 3.21. The normalized spacial score (nSPS) is 17.9. The Bertz CT molecular complexity index is 204. The molecule has 5 nitrogen and oxygen atoms in total. The van der Waals surface area contributed by atoms with E-state index in [1.54, 1.807) is 0 Å². The number of hydrogen-bond donors (Lipinski definition) is 3. The smallest absolute Gasteiger partial charge is 0.356 e. The first-order valence-electron chi connectivity index (χ1n) is 3.21. The van der Waals surface area contributed by atoms with Gasteiger partial charge in [0.05, 0.1) is 6.42 Å². The first-order chi connectivity index (χ1) is 5.28. The van der Waals surface area contributed by atoms with Gasteiger partial charge in [0, 0.05) is 5.92 Å². The van der Waals surface area contributed by atoms with Crippen LogP contribution in [0.2, 0.25) is 0 Å². The highest BCUT2D eigenvalue weighted by atomic mass is 19.1. The SMILES string of the molecule is CC(CC(=O)O)C(N)(F)C(=O)O. The van der Waals surface area contributed by atoms with E-state index in [4.69, 9.17) is 15.9 Å². The van der Waals surface area contributed by atoms with Gasteiger partial charge in [-0.25, -0.2) is 9.18 Å². The largest absolute Gasteiger partial charge is 0.481 e. The molecule has 0 rings (SSSR count). The summed E-state index contributed by atoms with van der Waals surface area (Å²) < 4.78 is 12.9. The number of carboxylic acid groups (broad SMARTS) is 2. The molecule has 0 heterocycles. The Labute approximate surface area is 68.0 Å². The van der Waals surface area contributed by atoms with Crippen molar-refractivity contribution in [1.82, 2.24) is 0 Å². The van der Waals surface area contributed by atoms with Crippen molar-refractivity contribution in [3.05, 3.63) is 0 Å². The zero-order valence-electron chi connectivity index (χ0n) is 6.45. The lowest BCUT2D eigenvalue weighted by Crippen LogP contribution is -2.49. The van der Waals surface area contributed by atoms with E-state index < -0.39 is 30.1 Å². The van der Waals surface area contributed by atoms with Crippen molar-refractivity contribution >= 4 is 11.9 Å². The first kappa shape index (κ1) is 10.8. The Kier molecular flexibility index (Phi) is 3.15. The molecule has 0 aromatic heterocycles. The second-order valence-electron chi connectivity index (χ2n) is 2.57. The maximum atomic E-state index is 12.9. The number of rotatable bonds is 4. The fourth-order valence-electron chi connectivity index (χ4n) is 0.621. The Hall–Kier alpha value is -1.17. The van der Waals surface area contributed by atoms with Gasteiger partial charge >= 0.3 is 11.9 Å². The molecule has 70 valence electrons. The zero-order chi connectivity index (χ0) is 9.94. The van der Waals surface area contributed by atoms with Crippen molar-refractivity contribution in [1.29, 1.82) is 0 Å². The molecular weight excluding hydrogens is 169 g/mol. The summed E-state index contributed by atoms with van der Waals surface area (Å²) in [5.41, 5.74) is 4.72. The van der Waals surface area contributed by atoms with Crippen molar-refractivity contribution in [3.8, 4) is 0 Å². The molecule has 0 aromatic carbocycles. The van der Waals surface area contributed by atoms with Crippen LogP contribution in [0.1, 0.15) is 13.3 Å². The molecule has 0 radical (unpaired) electrons. The van der Waals surface area contributed by atoms with E-state index in [1.165, 1.54) is 0 Å². The molecule has 0 aliphatic heterocycles. The molecule has 0 amide bonds. The van der Waals surface area contributed by atoms with Gasteiger partial charge in [-0.3, -0.25) is 10.5 Å². The van der Waals surface area contributed by atoms with E-state index in [1.807, 2.05) is 0 Å². The molecule has 0 aliphatic carbocycles. The average molecular weight is 179 g/mol. The van der Waals surface area contributed by atoms with Crippen molar-refractivity contribution in [2.45, 2.75) is 19.1 Å². The lowest BCUT2D eigenvalue weighted by Gasteiger charge is -2.20. The minimum absolute atomic E-state index is 0.612. The quantitative estimate of drug-likeness (QED) is 0.519. The van der Waals surface area contributed by atoms with Crippen LogP contribution in [0.15, 0.2) is 0 Å². The highest BCUT2D eigenvalue weighted by Gasteiger charge is 2.41. The third-order valence-corrected chi connectivity index (χ3v) is 1.53. The van der Waals surface area contributed by atoms with Crippen molar-refractivity contribution in [2.75, 3.05) is 0 Å². The molecule has 0 aromatic rings. The lowest BCUT2D eigenvalue weighted by molar-refractivity contribution is -0.156. The Balaban J connectivity index is 4.35. The fraction of sp³-hybridized carbons (Fsp3) is 0.667. The Morgan fingerprint density at radius 1 is 1.58 bits per heavy atom. The number of halogens is 1. The predicted octanol–water partition coefficient (Wildman–Crippen LogP) is -0.194. The topological polar surface area (TPSA) is 101 Å². The number of nitrogens with two attached hydrogens (primary N) is 1. The molecule has 4 N–H and O–H groups in total. The standard InChI is InChI=1S/C6H10FNO4/c1-3(2-4(9)10)6(7,8)5(11)12/h3H,2,8H2,1H3,(H,9,10)(H,11,12). The molecule has 0 aliphatic rings. The van der Waals surface area contributed by atoms with Gasteiger partial charge in [0.25, 0.3) is 5.79 Å². The van der Waals surface area contributed by atoms with Crippen LogP contribution < -0.4 is 5.73 Å². The van der Waals surface area contributed by atoms with Crippen LogP contribution in [0.25, 0.3) is 0 Å². The summed E-state index contributed by atoms with van der Waals surface area (Å²) in [6.45, 7) is 1.13. The van der Waals surface area contributed by atoms with Crippen LogP contribution in [0.3, 0.4) is 0 Å². The average Bonchev–Trinajstić information content (AvgIpc) is 1.85. The minimum atomic E-state index is -2.97.